The SMILES string of the molecule is Cc1nc(CCNC(=O)NC2(CC(=O)O)CCC2)cs1. The summed E-state index contributed by atoms with van der Waals surface area (Å²) in [6.07, 6.45) is 3.11. The van der Waals surface area contributed by atoms with Gasteiger partial charge in [0, 0.05) is 18.3 Å². The smallest absolute Gasteiger partial charge is 0.315 e. The van der Waals surface area contributed by atoms with Gasteiger partial charge in [0.1, 0.15) is 0 Å². The monoisotopic (exact) mass is 297 g/mol. The summed E-state index contributed by atoms with van der Waals surface area (Å²) in [5, 5.41) is 17.4. The second kappa shape index (κ2) is 6.21. The van der Waals surface area contributed by atoms with Crippen LogP contribution in [0.4, 0.5) is 4.79 Å². The number of carboxylic acid groups (broad SMARTS) is 1. The van der Waals surface area contributed by atoms with E-state index in [9.17, 15) is 9.59 Å². The zero-order valence-corrected chi connectivity index (χ0v) is 12.3. The third kappa shape index (κ3) is 3.93. The van der Waals surface area contributed by atoms with Gasteiger partial charge < -0.3 is 15.7 Å². The van der Waals surface area contributed by atoms with E-state index in [0.717, 1.165) is 30.0 Å². The average molecular weight is 297 g/mol. The van der Waals surface area contributed by atoms with Crippen molar-refractivity contribution < 1.29 is 14.7 Å². The topological polar surface area (TPSA) is 91.3 Å². The Morgan fingerprint density at radius 3 is 2.75 bits per heavy atom. The Labute approximate surface area is 121 Å². The molecule has 2 amide bonds. The molecule has 7 heteroatoms. The van der Waals surface area contributed by atoms with E-state index in [0.29, 0.717) is 13.0 Å². The highest BCUT2D eigenvalue weighted by atomic mass is 32.1. The molecule has 110 valence electrons. The van der Waals surface area contributed by atoms with Gasteiger partial charge in [-0.3, -0.25) is 4.79 Å². The minimum Gasteiger partial charge on any atom is -0.481 e. The summed E-state index contributed by atoms with van der Waals surface area (Å²) in [5.74, 6) is -0.872. The number of amides is 2. The fourth-order valence-corrected chi connectivity index (χ4v) is 3.00. The number of thiazole rings is 1. The normalized spacial score (nSPS) is 16.2. The Morgan fingerprint density at radius 2 is 2.25 bits per heavy atom. The van der Waals surface area contributed by atoms with E-state index in [4.69, 9.17) is 5.11 Å². The maximum absolute atomic E-state index is 11.8. The molecule has 1 aliphatic carbocycles. The van der Waals surface area contributed by atoms with Gasteiger partial charge in [0.05, 0.1) is 22.7 Å². The molecule has 0 spiro atoms. The van der Waals surface area contributed by atoms with Crippen molar-refractivity contribution in [1.82, 2.24) is 15.6 Å². The molecule has 0 radical (unpaired) electrons. The first-order chi connectivity index (χ1) is 9.49. The molecule has 0 unspecified atom stereocenters. The summed E-state index contributed by atoms with van der Waals surface area (Å²) in [5.41, 5.74) is 0.421. The molecule has 3 N–H and O–H groups in total. The van der Waals surface area contributed by atoms with Crippen molar-refractivity contribution >= 4 is 23.3 Å². The van der Waals surface area contributed by atoms with Crippen LogP contribution in [0.5, 0.6) is 0 Å². The predicted molar refractivity (Wildman–Crippen MR) is 75.9 cm³/mol. The molecule has 0 saturated heterocycles. The van der Waals surface area contributed by atoms with E-state index in [-0.39, 0.29) is 12.5 Å². The van der Waals surface area contributed by atoms with E-state index in [2.05, 4.69) is 15.6 Å². The highest BCUT2D eigenvalue weighted by Gasteiger charge is 2.40. The Bertz CT molecular complexity index is 497. The molecule has 0 atom stereocenters. The molecule has 6 nitrogen and oxygen atoms in total. The molecule has 0 aliphatic heterocycles. The minimum atomic E-state index is -0.872. The molecule has 0 bridgehead atoms. The van der Waals surface area contributed by atoms with Crippen molar-refractivity contribution in [3.05, 3.63) is 16.1 Å². The van der Waals surface area contributed by atoms with Crippen LogP contribution in [0.25, 0.3) is 0 Å². The summed E-state index contributed by atoms with van der Waals surface area (Å²) in [7, 11) is 0. The lowest BCUT2D eigenvalue weighted by Gasteiger charge is -2.41. The minimum absolute atomic E-state index is 0.00823. The zero-order chi connectivity index (χ0) is 14.6. The first-order valence-corrected chi connectivity index (χ1v) is 7.56. The van der Waals surface area contributed by atoms with E-state index < -0.39 is 11.5 Å². The third-order valence-corrected chi connectivity index (χ3v) is 4.33. The number of nitrogens with zero attached hydrogens (tertiary/aromatic N) is 1. The fraction of sp³-hybridized carbons (Fsp3) is 0.615. The van der Waals surface area contributed by atoms with E-state index in [1.807, 2.05) is 12.3 Å². The molecule has 1 saturated carbocycles. The first kappa shape index (κ1) is 14.8. The van der Waals surface area contributed by atoms with E-state index in [1.54, 1.807) is 11.3 Å². The highest BCUT2D eigenvalue weighted by molar-refractivity contribution is 7.09. The molecule has 20 heavy (non-hydrogen) atoms. The van der Waals surface area contributed by atoms with Crippen molar-refractivity contribution in [3.63, 3.8) is 0 Å². The lowest BCUT2D eigenvalue weighted by atomic mass is 9.74. The number of carboxylic acids is 1. The number of aryl methyl sites for hydroxylation is 1. The maximum atomic E-state index is 11.8. The van der Waals surface area contributed by atoms with Gasteiger partial charge in [0.25, 0.3) is 0 Å². The van der Waals surface area contributed by atoms with Crippen LogP contribution >= 0.6 is 11.3 Å². The van der Waals surface area contributed by atoms with Gasteiger partial charge in [-0.2, -0.15) is 0 Å². The number of nitrogens with one attached hydrogen (secondary N) is 2. The molecular weight excluding hydrogens is 278 g/mol. The molecule has 1 aromatic rings. The van der Waals surface area contributed by atoms with Crippen molar-refractivity contribution in [2.45, 2.75) is 44.6 Å². The van der Waals surface area contributed by atoms with Crippen LogP contribution in [0.15, 0.2) is 5.38 Å². The van der Waals surface area contributed by atoms with Gasteiger partial charge in [-0.25, -0.2) is 9.78 Å². The summed E-state index contributed by atoms with van der Waals surface area (Å²) in [6, 6.07) is -0.294. The third-order valence-electron chi connectivity index (χ3n) is 3.51. The van der Waals surface area contributed by atoms with Crippen molar-refractivity contribution in [2.24, 2.45) is 0 Å². The van der Waals surface area contributed by atoms with Gasteiger partial charge in [-0.05, 0) is 26.2 Å². The fourth-order valence-electron chi connectivity index (χ4n) is 2.35. The lowest BCUT2D eigenvalue weighted by molar-refractivity contribution is -0.139. The molecule has 1 aromatic heterocycles. The predicted octanol–water partition coefficient (Wildman–Crippen LogP) is 1.69. The van der Waals surface area contributed by atoms with Gasteiger partial charge in [0.2, 0.25) is 0 Å². The number of rotatable bonds is 6. The molecule has 1 aliphatic rings. The number of carbonyl (C=O) groups excluding carboxylic acids is 1. The van der Waals surface area contributed by atoms with E-state index in [1.165, 1.54) is 0 Å². The van der Waals surface area contributed by atoms with Crippen molar-refractivity contribution in [1.29, 1.82) is 0 Å². The van der Waals surface area contributed by atoms with Crippen LogP contribution < -0.4 is 10.6 Å². The molecular formula is C13H19N3O3S. The molecule has 1 fully saturated rings. The van der Waals surface area contributed by atoms with Crippen LogP contribution in [-0.4, -0.2) is 34.2 Å². The summed E-state index contributed by atoms with van der Waals surface area (Å²) >= 11 is 1.59. The number of aromatic nitrogens is 1. The van der Waals surface area contributed by atoms with Crippen molar-refractivity contribution in [3.8, 4) is 0 Å². The van der Waals surface area contributed by atoms with Gasteiger partial charge in [-0.15, -0.1) is 11.3 Å². The Balaban J connectivity index is 1.73. The first-order valence-electron chi connectivity index (χ1n) is 6.68. The molecule has 0 aromatic carbocycles. The molecule has 2 rings (SSSR count). The largest absolute Gasteiger partial charge is 0.481 e. The number of hydrogen-bond donors (Lipinski definition) is 3. The van der Waals surface area contributed by atoms with Gasteiger partial charge in [0.15, 0.2) is 0 Å². The van der Waals surface area contributed by atoms with Crippen LogP contribution in [0, 0.1) is 6.92 Å². The Hall–Kier alpha value is -1.63. The van der Waals surface area contributed by atoms with Gasteiger partial charge in [-0.1, -0.05) is 0 Å². The zero-order valence-electron chi connectivity index (χ0n) is 11.4. The lowest BCUT2D eigenvalue weighted by Crippen LogP contribution is -2.57. The number of aliphatic carboxylic acids is 1. The van der Waals surface area contributed by atoms with E-state index >= 15 is 0 Å². The Morgan fingerprint density at radius 1 is 1.50 bits per heavy atom. The number of carbonyl (C=O) groups is 2. The summed E-state index contributed by atoms with van der Waals surface area (Å²) in [6.45, 7) is 2.44. The van der Waals surface area contributed by atoms with Crippen molar-refractivity contribution in [2.75, 3.05) is 6.54 Å². The van der Waals surface area contributed by atoms with Crippen LogP contribution in [0.1, 0.15) is 36.4 Å². The maximum Gasteiger partial charge on any atom is 0.315 e. The quantitative estimate of drug-likeness (QED) is 0.745. The highest BCUT2D eigenvalue weighted by Crippen LogP contribution is 2.34. The van der Waals surface area contributed by atoms with Crippen LogP contribution in [0.3, 0.4) is 0 Å². The van der Waals surface area contributed by atoms with Gasteiger partial charge >= 0.3 is 12.0 Å². The Kier molecular flexibility index (Phi) is 4.59. The van der Waals surface area contributed by atoms with Crippen LogP contribution in [-0.2, 0) is 11.2 Å². The number of urea groups is 1. The standard InChI is InChI=1S/C13H19N3O3S/c1-9-15-10(8-20-9)3-6-14-12(19)16-13(4-2-5-13)7-11(17)18/h8H,2-7H2,1H3,(H,17,18)(H2,14,16,19). The average Bonchev–Trinajstić information content (AvgIpc) is 2.71. The number of hydrogen-bond acceptors (Lipinski definition) is 4. The second-order valence-corrected chi connectivity index (χ2v) is 6.26. The molecule has 1 heterocycles. The van der Waals surface area contributed by atoms with Crippen LogP contribution in [0.2, 0.25) is 0 Å². The summed E-state index contributed by atoms with van der Waals surface area (Å²) in [4.78, 5) is 26.9. The second-order valence-electron chi connectivity index (χ2n) is 5.19. The summed E-state index contributed by atoms with van der Waals surface area (Å²) < 4.78 is 0.